The molecule has 2 aromatic heterocycles. The number of nitrogens with zero attached hydrogens (tertiary/aromatic N) is 2. The first-order valence-electron chi connectivity index (χ1n) is 6.17. The molecule has 0 aliphatic carbocycles. The summed E-state index contributed by atoms with van der Waals surface area (Å²) in [5.74, 6) is -0.726. The summed E-state index contributed by atoms with van der Waals surface area (Å²) in [5.41, 5.74) is 0.152. The van der Waals surface area contributed by atoms with Gasteiger partial charge >= 0.3 is 11.9 Å². The van der Waals surface area contributed by atoms with Crippen LogP contribution in [-0.4, -0.2) is 34.4 Å². The topological polar surface area (TPSA) is 70.4 Å². The van der Waals surface area contributed by atoms with E-state index in [1.807, 2.05) is 20.8 Å². The van der Waals surface area contributed by atoms with Gasteiger partial charge in [0.25, 0.3) is 0 Å². The highest BCUT2D eigenvalue weighted by atomic mass is 127. The molecule has 0 saturated carbocycles. The SMILES string of the molecule is COC(=O)c1cc2nn(CC(=O)OC(C)(C)C)c(I)c2s1. The summed E-state index contributed by atoms with van der Waals surface area (Å²) in [7, 11) is 1.34. The van der Waals surface area contributed by atoms with Crippen LogP contribution in [0, 0.1) is 3.70 Å². The van der Waals surface area contributed by atoms with Crippen LogP contribution >= 0.6 is 33.9 Å². The van der Waals surface area contributed by atoms with E-state index in [1.165, 1.54) is 18.4 Å². The molecule has 0 unspecified atom stereocenters. The molecule has 0 saturated heterocycles. The van der Waals surface area contributed by atoms with Gasteiger partial charge in [0, 0.05) is 0 Å². The second-order valence-corrected chi connectivity index (χ2v) is 7.43. The summed E-state index contributed by atoms with van der Waals surface area (Å²) >= 11 is 3.40. The first kappa shape index (κ1) is 16.2. The fourth-order valence-electron chi connectivity index (χ4n) is 1.70. The van der Waals surface area contributed by atoms with Gasteiger partial charge in [0.2, 0.25) is 0 Å². The molecule has 21 heavy (non-hydrogen) atoms. The molecule has 0 aromatic carbocycles. The van der Waals surface area contributed by atoms with Gasteiger partial charge in [0.1, 0.15) is 26.2 Å². The lowest BCUT2D eigenvalue weighted by Crippen LogP contribution is -2.27. The van der Waals surface area contributed by atoms with Crippen molar-refractivity contribution in [3.8, 4) is 0 Å². The fourth-order valence-corrected chi connectivity index (χ4v) is 3.53. The molecule has 0 amide bonds. The van der Waals surface area contributed by atoms with Gasteiger partial charge in [-0.3, -0.25) is 4.79 Å². The fraction of sp³-hybridized carbons (Fsp3) is 0.462. The zero-order chi connectivity index (χ0) is 15.8. The normalized spacial score (nSPS) is 11.7. The van der Waals surface area contributed by atoms with E-state index in [1.54, 1.807) is 10.7 Å². The van der Waals surface area contributed by atoms with Gasteiger partial charge in [-0.25, -0.2) is 9.48 Å². The van der Waals surface area contributed by atoms with Crippen molar-refractivity contribution in [3.05, 3.63) is 14.6 Å². The highest BCUT2D eigenvalue weighted by Gasteiger charge is 2.21. The number of halogens is 1. The maximum absolute atomic E-state index is 11.8. The molecule has 2 rings (SSSR count). The number of esters is 2. The zero-order valence-corrected chi connectivity index (χ0v) is 15.1. The molecule has 0 aliphatic heterocycles. The van der Waals surface area contributed by atoms with Crippen molar-refractivity contribution in [1.82, 2.24) is 9.78 Å². The minimum atomic E-state index is -0.523. The molecule has 0 spiro atoms. The minimum Gasteiger partial charge on any atom is -0.465 e. The lowest BCUT2D eigenvalue weighted by Gasteiger charge is -2.19. The van der Waals surface area contributed by atoms with Gasteiger partial charge in [-0.15, -0.1) is 11.3 Å². The van der Waals surface area contributed by atoms with Crippen molar-refractivity contribution >= 4 is 56.1 Å². The summed E-state index contributed by atoms with van der Waals surface area (Å²) in [6, 6.07) is 1.67. The Balaban J connectivity index is 2.23. The largest absolute Gasteiger partial charge is 0.465 e. The minimum absolute atomic E-state index is 0.0461. The highest BCUT2D eigenvalue weighted by molar-refractivity contribution is 14.1. The van der Waals surface area contributed by atoms with Gasteiger partial charge in [0.15, 0.2) is 0 Å². The van der Waals surface area contributed by atoms with Crippen LogP contribution in [0.1, 0.15) is 30.4 Å². The van der Waals surface area contributed by atoms with E-state index in [0.29, 0.717) is 10.4 Å². The summed E-state index contributed by atoms with van der Waals surface area (Å²) in [6.07, 6.45) is 0. The number of fused-ring (bicyclic) bond motifs is 1. The molecule has 0 aliphatic rings. The number of carbonyl (C=O) groups is 2. The number of hydrogen-bond donors (Lipinski definition) is 0. The molecule has 6 nitrogen and oxygen atoms in total. The number of thiophene rings is 1. The van der Waals surface area contributed by atoms with Crippen LogP contribution in [0.3, 0.4) is 0 Å². The quantitative estimate of drug-likeness (QED) is 0.562. The van der Waals surface area contributed by atoms with Crippen LogP contribution in [0.25, 0.3) is 10.2 Å². The zero-order valence-electron chi connectivity index (χ0n) is 12.1. The van der Waals surface area contributed by atoms with Crippen LogP contribution in [0.2, 0.25) is 0 Å². The van der Waals surface area contributed by atoms with Crippen molar-refractivity contribution in [2.45, 2.75) is 32.9 Å². The number of ether oxygens (including phenoxy) is 2. The third-order valence-electron chi connectivity index (χ3n) is 2.44. The first-order valence-corrected chi connectivity index (χ1v) is 8.07. The molecule has 2 aromatic rings. The van der Waals surface area contributed by atoms with E-state index in [9.17, 15) is 9.59 Å². The Bertz CT molecular complexity index is 699. The van der Waals surface area contributed by atoms with Crippen LogP contribution < -0.4 is 0 Å². The second-order valence-electron chi connectivity index (χ2n) is 5.35. The molecule has 8 heteroatoms. The van der Waals surface area contributed by atoms with Gasteiger partial charge in [-0.1, -0.05) is 0 Å². The summed E-state index contributed by atoms with van der Waals surface area (Å²) in [4.78, 5) is 23.8. The standard InChI is InChI=1S/C13H15IN2O4S/c1-13(2,3)20-9(17)6-16-11(14)10-7(15-16)5-8(21-10)12(18)19-4/h5H,6H2,1-4H3. The number of aromatic nitrogens is 2. The van der Waals surface area contributed by atoms with Crippen molar-refractivity contribution in [2.24, 2.45) is 0 Å². The molecule has 0 N–H and O–H groups in total. The molecule has 0 radical (unpaired) electrons. The lowest BCUT2D eigenvalue weighted by atomic mass is 10.2. The summed E-state index contributed by atoms with van der Waals surface area (Å²) in [5, 5.41) is 4.33. The number of methoxy groups -OCH3 is 1. The van der Waals surface area contributed by atoms with E-state index in [4.69, 9.17) is 4.74 Å². The van der Waals surface area contributed by atoms with Gasteiger partial charge < -0.3 is 9.47 Å². The average molecular weight is 422 g/mol. The summed E-state index contributed by atoms with van der Waals surface area (Å²) < 4.78 is 13.2. The van der Waals surface area contributed by atoms with Crippen LogP contribution in [0.4, 0.5) is 0 Å². The first-order chi connectivity index (χ1) is 9.71. The van der Waals surface area contributed by atoms with Gasteiger partial charge in [-0.05, 0) is 49.4 Å². The van der Waals surface area contributed by atoms with Crippen molar-refractivity contribution in [3.63, 3.8) is 0 Å². The van der Waals surface area contributed by atoms with Crippen LogP contribution in [-0.2, 0) is 20.8 Å². The molecule has 2 heterocycles. The molecular weight excluding hydrogens is 407 g/mol. The smallest absolute Gasteiger partial charge is 0.348 e. The molecule has 114 valence electrons. The molecular formula is C13H15IN2O4S. The van der Waals surface area contributed by atoms with E-state index in [0.717, 1.165) is 8.40 Å². The average Bonchev–Trinajstić information content (AvgIpc) is 2.87. The Morgan fingerprint density at radius 1 is 1.43 bits per heavy atom. The Labute approximate surface area is 139 Å². The number of hydrogen-bond acceptors (Lipinski definition) is 6. The van der Waals surface area contributed by atoms with Crippen LogP contribution in [0.15, 0.2) is 6.07 Å². The van der Waals surface area contributed by atoms with E-state index in [-0.39, 0.29) is 18.5 Å². The van der Waals surface area contributed by atoms with Gasteiger partial charge in [0.05, 0.1) is 11.8 Å². The lowest BCUT2D eigenvalue weighted by molar-refractivity contribution is -0.155. The number of rotatable bonds is 3. The maximum Gasteiger partial charge on any atom is 0.348 e. The Morgan fingerprint density at radius 3 is 2.62 bits per heavy atom. The molecule has 0 fully saturated rings. The second kappa shape index (κ2) is 5.91. The summed E-state index contributed by atoms with van der Waals surface area (Å²) in [6.45, 7) is 5.50. The highest BCUT2D eigenvalue weighted by Crippen LogP contribution is 2.30. The van der Waals surface area contributed by atoms with Crippen molar-refractivity contribution in [1.29, 1.82) is 0 Å². The molecule has 0 atom stereocenters. The predicted octanol–water partition coefficient (Wildman–Crippen LogP) is 2.83. The van der Waals surface area contributed by atoms with Gasteiger partial charge in [-0.2, -0.15) is 5.10 Å². The number of carbonyl (C=O) groups excluding carboxylic acids is 2. The monoisotopic (exact) mass is 422 g/mol. The van der Waals surface area contributed by atoms with Crippen molar-refractivity contribution < 1.29 is 19.1 Å². The Morgan fingerprint density at radius 2 is 2.10 bits per heavy atom. The van der Waals surface area contributed by atoms with Crippen LogP contribution in [0.5, 0.6) is 0 Å². The van der Waals surface area contributed by atoms with E-state index in [2.05, 4.69) is 32.4 Å². The van der Waals surface area contributed by atoms with E-state index >= 15 is 0 Å². The third kappa shape index (κ3) is 3.73. The van der Waals surface area contributed by atoms with E-state index < -0.39 is 5.60 Å². The Kier molecular flexibility index (Phi) is 4.57. The molecule has 0 bridgehead atoms. The maximum atomic E-state index is 11.8. The Hall–Kier alpha value is -1.16. The predicted molar refractivity (Wildman–Crippen MR) is 87.5 cm³/mol. The van der Waals surface area contributed by atoms with Crippen molar-refractivity contribution in [2.75, 3.05) is 7.11 Å². The third-order valence-corrected chi connectivity index (χ3v) is 5.01.